The summed E-state index contributed by atoms with van der Waals surface area (Å²) in [5.41, 5.74) is 2.98. The van der Waals surface area contributed by atoms with Crippen molar-refractivity contribution >= 4 is 34.6 Å². The fourth-order valence-corrected chi connectivity index (χ4v) is 2.94. The van der Waals surface area contributed by atoms with Crippen LogP contribution in [0.5, 0.6) is 0 Å². The number of rotatable bonds is 4. The lowest BCUT2D eigenvalue weighted by Gasteiger charge is -1.99. The Kier molecular flexibility index (Phi) is 5.48. The highest BCUT2D eigenvalue weighted by atomic mass is 32.1. The Hall–Kier alpha value is -3.39. The minimum Gasteiger partial charge on any atom is -0.345 e. The van der Waals surface area contributed by atoms with E-state index in [1.54, 1.807) is 31.3 Å². The van der Waals surface area contributed by atoms with Gasteiger partial charge in [-0.1, -0.05) is 5.73 Å². The van der Waals surface area contributed by atoms with Crippen LogP contribution in [0.2, 0.25) is 0 Å². The molecule has 120 valence electrons. The van der Waals surface area contributed by atoms with Gasteiger partial charge in [-0.15, -0.1) is 11.3 Å². The monoisotopic (exact) mass is 340 g/mol. The van der Waals surface area contributed by atoms with E-state index < -0.39 is 5.91 Å². The van der Waals surface area contributed by atoms with Crippen molar-refractivity contribution in [2.45, 2.75) is 13.5 Å². The zero-order valence-electron chi connectivity index (χ0n) is 12.7. The summed E-state index contributed by atoms with van der Waals surface area (Å²) in [6, 6.07) is 3.57. The van der Waals surface area contributed by atoms with E-state index in [1.165, 1.54) is 10.9 Å². The number of hydrogen-bond donors (Lipinski definition) is 2. The van der Waals surface area contributed by atoms with Crippen LogP contribution >= 0.6 is 11.3 Å². The Morgan fingerprint density at radius 1 is 1.54 bits per heavy atom. The van der Waals surface area contributed by atoms with E-state index >= 15 is 0 Å². The predicted molar refractivity (Wildman–Crippen MR) is 87.6 cm³/mol. The van der Waals surface area contributed by atoms with Gasteiger partial charge in [0.2, 0.25) is 0 Å². The molecule has 9 heteroatoms. The second kappa shape index (κ2) is 7.75. The molecule has 0 aliphatic rings. The van der Waals surface area contributed by atoms with Crippen LogP contribution in [0.15, 0.2) is 17.3 Å². The summed E-state index contributed by atoms with van der Waals surface area (Å²) < 4.78 is 1.83. The predicted octanol–water partition coefficient (Wildman–Crippen LogP) is -0.940. The molecule has 0 spiro atoms. The van der Waals surface area contributed by atoms with Crippen molar-refractivity contribution in [3.63, 3.8) is 0 Å². The molecular formula is C15H12N6O2S. The molecule has 2 N–H and O–H groups in total. The summed E-state index contributed by atoms with van der Waals surface area (Å²) in [6.45, 7) is 1.82. The molecule has 0 aliphatic carbocycles. The zero-order valence-corrected chi connectivity index (χ0v) is 13.5. The van der Waals surface area contributed by atoms with Gasteiger partial charge in [-0.2, -0.15) is 10.5 Å². The molecule has 0 aromatic carbocycles. The first kappa shape index (κ1) is 17.0. The molecule has 0 saturated carbocycles. The van der Waals surface area contributed by atoms with Crippen LogP contribution in [0.4, 0.5) is 0 Å². The Labute approximate surface area is 140 Å². The van der Waals surface area contributed by atoms with Crippen LogP contribution in [0.1, 0.15) is 12.6 Å². The third-order valence-electron chi connectivity index (χ3n) is 2.96. The lowest BCUT2D eigenvalue weighted by molar-refractivity contribution is -0.115. The van der Waals surface area contributed by atoms with E-state index in [9.17, 15) is 14.9 Å². The highest BCUT2D eigenvalue weighted by molar-refractivity contribution is 7.07. The highest BCUT2D eigenvalue weighted by Gasteiger charge is 2.14. The van der Waals surface area contributed by atoms with E-state index in [-0.39, 0.29) is 26.9 Å². The van der Waals surface area contributed by atoms with Crippen LogP contribution in [0, 0.1) is 22.7 Å². The number of amides is 1. The van der Waals surface area contributed by atoms with E-state index in [4.69, 9.17) is 5.26 Å². The van der Waals surface area contributed by atoms with Crippen LogP contribution in [0.3, 0.4) is 0 Å². The smallest absolute Gasteiger partial charge is 0.277 e. The van der Waals surface area contributed by atoms with Crippen molar-refractivity contribution < 1.29 is 4.79 Å². The quantitative estimate of drug-likeness (QED) is 0.694. The minimum atomic E-state index is -0.688. The van der Waals surface area contributed by atoms with Gasteiger partial charge in [0.05, 0.1) is 24.3 Å². The number of carbonyl (C=O) groups is 1. The van der Waals surface area contributed by atoms with Crippen molar-refractivity contribution in [2.24, 2.45) is 0 Å². The van der Waals surface area contributed by atoms with Gasteiger partial charge in [-0.25, -0.2) is 4.98 Å². The fraction of sp³-hybridized carbons (Fsp3) is 0.200. The van der Waals surface area contributed by atoms with E-state index in [0.717, 1.165) is 11.3 Å². The van der Waals surface area contributed by atoms with Gasteiger partial charge in [0.15, 0.2) is 5.57 Å². The molecule has 2 heterocycles. The third-order valence-corrected chi connectivity index (χ3v) is 4.07. The Balaban J connectivity index is 2.70. The highest BCUT2D eigenvalue weighted by Crippen LogP contribution is 1.94. The van der Waals surface area contributed by atoms with E-state index in [2.05, 4.69) is 21.0 Å². The number of aromatic amines is 1. The average molecular weight is 340 g/mol. The fourth-order valence-electron chi connectivity index (χ4n) is 1.87. The topological polar surface area (TPSA) is 127 Å². The van der Waals surface area contributed by atoms with Gasteiger partial charge in [0, 0.05) is 12.6 Å². The Morgan fingerprint density at radius 3 is 2.92 bits per heavy atom. The molecular weight excluding hydrogens is 328 g/mol. The summed E-state index contributed by atoms with van der Waals surface area (Å²) >= 11 is 0.998. The molecule has 24 heavy (non-hydrogen) atoms. The molecule has 2 aromatic rings. The van der Waals surface area contributed by atoms with E-state index in [1.807, 2.05) is 0 Å². The van der Waals surface area contributed by atoms with Crippen molar-refractivity contribution in [1.82, 2.24) is 19.9 Å². The van der Waals surface area contributed by atoms with Crippen LogP contribution in [-0.4, -0.2) is 27.0 Å². The maximum atomic E-state index is 12.4. The van der Waals surface area contributed by atoms with Gasteiger partial charge in [0.25, 0.3) is 11.5 Å². The molecule has 1 amide bonds. The van der Waals surface area contributed by atoms with Gasteiger partial charge in [-0.3, -0.25) is 14.2 Å². The molecule has 2 aromatic heterocycles. The number of imidazole rings is 1. The summed E-state index contributed by atoms with van der Waals surface area (Å²) in [5, 5.41) is 20.1. The standard InChI is InChI=1S/C15H12N6O2S/c1-2-21-14(23)12(4-3-10-8-18-9-20-10)24-15(21)11(7-17)13(22)19-6-5-16/h3,8-9H,2,6H2,1H3,(H,18,20)(H,19,22)/b15-11-. The number of nitriles is 2. The van der Waals surface area contributed by atoms with Gasteiger partial charge >= 0.3 is 0 Å². The summed E-state index contributed by atoms with van der Waals surface area (Å²) in [4.78, 5) is 31.1. The Bertz CT molecular complexity index is 1040. The third kappa shape index (κ3) is 3.50. The lowest BCUT2D eigenvalue weighted by atomic mass is 10.3. The van der Waals surface area contributed by atoms with Gasteiger partial charge < -0.3 is 10.3 Å². The molecule has 0 fully saturated rings. The summed E-state index contributed by atoms with van der Waals surface area (Å²) in [5.74, 6) is -0.688. The maximum absolute atomic E-state index is 12.4. The molecule has 0 radical (unpaired) electrons. The summed E-state index contributed by atoms with van der Waals surface area (Å²) in [6.07, 6.45) is 4.63. The van der Waals surface area contributed by atoms with Crippen molar-refractivity contribution in [2.75, 3.05) is 6.54 Å². The second-order valence-electron chi connectivity index (χ2n) is 4.41. The largest absolute Gasteiger partial charge is 0.345 e. The first-order valence-corrected chi connectivity index (χ1v) is 7.68. The molecule has 0 saturated heterocycles. The first-order valence-electron chi connectivity index (χ1n) is 6.86. The normalized spacial score (nSPS) is 11.0. The number of hydrogen-bond acceptors (Lipinski definition) is 6. The second-order valence-corrected chi connectivity index (χ2v) is 5.41. The summed E-state index contributed by atoms with van der Waals surface area (Å²) in [7, 11) is 0. The number of nitrogens with zero attached hydrogens (tertiary/aromatic N) is 4. The molecule has 0 atom stereocenters. The Morgan fingerprint density at radius 2 is 2.33 bits per heavy atom. The van der Waals surface area contributed by atoms with Crippen molar-refractivity contribution in [3.8, 4) is 12.1 Å². The number of thiazole rings is 1. The van der Waals surface area contributed by atoms with Crippen molar-refractivity contribution in [3.05, 3.63) is 37.8 Å². The minimum absolute atomic E-state index is 0.205. The van der Waals surface area contributed by atoms with E-state index in [0.29, 0.717) is 12.2 Å². The van der Waals surface area contributed by atoms with Crippen LogP contribution in [0.25, 0.3) is 17.4 Å². The lowest BCUT2D eigenvalue weighted by Crippen LogP contribution is -2.34. The number of carbonyl (C=O) groups excluding carboxylic acids is 1. The molecule has 0 aliphatic heterocycles. The number of H-pyrrole nitrogens is 1. The first-order chi connectivity index (χ1) is 11.6. The molecule has 8 nitrogen and oxygen atoms in total. The molecule has 0 bridgehead atoms. The molecule has 2 rings (SSSR count). The number of aromatic nitrogens is 3. The zero-order chi connectivity index (χ0) is 17.5. The number of nitrogens with one attached hydrogen (secondary N) is 2. The van der Waals surface area contributed by atoms with Crippen molar-refractivity contribution in [1.29, 1.82) is 10.5 Å². The molecule has 0 unspecified atom stereocenters. The van der Waals surface area contributed by atoms with Gasteiger partial charge in [-0.05, 0) is 6.92 Å². The van der Waals surface area contributed by atoms with Crippen LogP contribution in [-0.2, 0) is 11.3 Å². The SMILES string of the molecule is CCn1c(=O)c(=C=Cc2cnc[nH]2)s/c1=C(/C#N)C(=O)NCC#N. The van der Waals surface area contributed by atoms with Crippen LogP contribution < -0.4 is 20.1 Å². The maximum Gasteiger partial charge on any atom is 0.277 e. The average Bonchev–Trinajstić information content (AvgIpc) is 3.20. The van der Waals surface area contributed by atoms with Gasteiger partial charge in [0.1, 0.15) is 21.8 Å².